The number of nitro groups is 1. The van der Waals surface area contributed by atoms with Crippen LogP contribution in [-0.2, 0) is 18.0 Å². The lowest BCUT2D eigenvalue weighted by atomic mass is 10.1. The lowest BCUT2D eigenvalue weighted by molar-refractivity contribution is -0.385. The van der Waals surface area contributed by atoms with Crippen LogP contribution >= 0.6 is 0 Å². The normalized spacial score (nSPS) is 10.3. The Kier molecular flexibility index (Phi) is 4.83. The number of rotatable bonds is 6. The van der Waals surface area contributed by atoms with Gasteiger partial charge in [-0.3, -0.25) is 10.1 Å². The third kappa shape index (κ3) is 3.13. The molecule has 0 aliphatic heterocycles. The highest BCUT2D eigenvalue weighted by Gasteiger charge is 2.16. The maximum atomic E-state index is 10.6. The van der Waals surface area contributed by atoms with Crippen molar-refractivity contribution in [2.75, 3.05) is 13.9 Å². The number of benzene rings is 1. The number of nitrogens with zero attached hydrogens (tertiary/aromatic N) is 1. The Bertz CT molecular complexity index is 381. The van der Waals surface area contributed by atoms with Crippen molar-refractivity contribution in [3.63, 3.8) is 0 Å². The van der Waals surface area contributed by atoms with Gasteiger partial charge in [0.2, 0.25) is 0 Å². The van der Waals surface area contributed by atoms with Gasteiger partial charge >= 0.3 is 0 Å². The summed E-state index contributed by atoms with van der Waals surface area (Å²) in [6.07, 6.45) is 0. The van der Waals surface area contributed by atoms with E-state index in [0.29, 0.717) is 0 Å². The van der Waals surface area contributed by atoms with Crippen LogP contribution in [0.1, 0.15) is 11.1 Å². The van der Waals surface area contributed by atoms with Gasteiger partial charge in [-0.2, -0.15) is 0 Å². The number of aliphatic hydroxyl groups is 2. The van der Waals surface area contributed by atoms with Gasteiger partial charge in [-0.25, -0.2) is 0 Å². The summed E-state index contributed by atoms with van der Waals surface area (Å²) in [5, 5.41) is 28.9. The molecule has 0 unspecified atom stereocenters. The monoisotopic (exact) mass is 243 g/mol. The molecule has 0 aromatic heterocycles. The van der Waals surface area contributed by atoms with Crippen molar-refractivity contribution in [2.24, 2.45) is 0 Å². The van der Waals surface area contributed by atoms with Crippen molar-refractivity contribution in [2.45, 2.75) is 13.2 Å². The van der Waals surface area contributed by atoms with Crippen LogP contribution < -0.4 is 4.74 Å². The fourth-order valence-corrected chi connectivity index (χ4v) is 1.38. The molecular formula is C10H13NO6. The molecule has 0 fully saturated rings. The number of methoxy groups -OCH3 is 1. The third-order valence-electron chi connectivity index (χ3n) is 2.10. The second-order valence-electron chi connectivity index (χ2n) is 3.22. The van der Waals surface area contributed by atoms with Gasteiger partial charge in [-0.15, -0.1) is 0 Å². The molecule has 94 valence electrons. The zero-order chi connectivity index (χ0) is 12.8. The zero-order valence-corrected chi connectivity index (χ0v) is 9.25. The van der Waals surface area contributed by atoms with Crippen LogP contribution in [0.4, 0.5) is 5.69 Å². The van der Waals surface area contributed by atoms with Gasteiger partial charge in [0, 0.05) is 30.4 Å². The summed E-state index contributed by atoms with van der Waals surface area (Å²) >= 11 is 0. The highest BCUT2D eigenvalue weighted by atomic mass is 16.7. The van der Waals surface area contributed by atoms with Crippen LogP contribution in [0.3, 0.4) is 0 Å². The SMILES string of the molecule is COCOc1c(CO)cc([N+](=O)[O-])cc1CO. The molecule has 0 spiro atoms. The predicted octanol–water partition coefficient (Wildman–Crippen LogP) is 0.562. The molecule has 1 rings (SSSR count). The van der Waals surface area contributed by atoms with Gasteiger partial charge in [-0.05, 0) is 0 Å². The second kappa shape index (κ2) is 6.14. The van der Waals surface area contributed by atoms with Crippen molar-refractivity contribution >= 4 is 5.69 Å². The van der Waals surface area contributed by atoms with Crippen molar-refractivity contribution in [3.8, 4) is 5.75 Å². The minimum absolute atomic E-state index is 0.0716. The second-order valence-corrected chi connectivity index (χ2v) is 3.22. The number of hydrogen-bond acceptors (Lipinski definition) is 6. The van der Waals surface area contributed by atoms with E-state index in [1.807, 2.05) is 0 Å². The molecule has 2 N–H and O–H groups in total. The Morgan fingerprint density at radius 1 is 1.29 bits per heavy atom. The summed E-state index contributed by atoms with van der Waals surface area (Å²) in [5.74, 6) is 0.211. The summed E-state index contributed by atoms with van der Waals surface area (Å²) in [6, 6.07) is 2.40. The maximum Gasteiger partial charge on any atom is 0.270 e. The topological polar surface area (TPSA) is 102 Å². The number of hydrogen-bond donors (Lipinski definition) is 2. The van der Waals surface area contributed by atoms with E-state index in [1.54, 1.807) is 0 Å². The number of nitro benzene ring substituents is 1. The smallest absolute Gasteiger partial charge is 0.270 e. The van der Waals surface area contributed by atoms with Crippen LogP contribution in [0.2, 0.25) is 0 Å². The molecule has 0 aliphatic carbocycles. The standard InChI is InChI=1S/C10H13NO6/c1-16-6-17-10-7(4-12)2-9(11(14)15)3-8(10)5-13/h2-3,12-13H,4-6H2,1H3. The Balaban J connectivity index is 3.21. The molecule has 17 heavy (non-hydrogen) atoms. The van der Waals surface area contributed by atoms with E-state index in [1.165, 1.54) is 19.2 Å². The van der Waals surface area contributed by atoms with Gasteiger partial charge in [0.25, 0.3) is 5.69 Å². The first kappa shape index (κ1) is 13.4. The molecule has 1 aromatic carbocycles. The molecule has 0 atom stereocenters. The van der Waals surface area contributed by atoms with E-state index in [4.69, 9.17) is 19.7 Å². The summed E-state index contributed by atoms with van der Waals surface area (Å²) in [4.78, 5) is 10.0. The predicted molar refractivity (Wildman–Crippen MR) is 57.4 cm³/mol. The van der Waals surface area contributed by atoms with Gasteiger partial charge in [0.05, 0.1) is 18.1 Å². The van der Waals surface area contributed by atoms with E-state index in [9.17, 15) is 10.1 Å². The largest absolute Gasteiger partial charge is 0.467 e. The molecule has 0 saturated heterocycles. The maximum absolute atomic E-state index is 10.6. The van der Waals surface area contributed by atoms with Crippen LogP contribution in [0, 0.1) is 10.1 Å². The Morgan fingerprint density at radius 2 is 1.82 bits per heavy atom. The zero-order valence-electron chi connectivity index (χ0n) is 9.25. The quantitative estimate of drug-likeness (QED) is 0.430. The molecule has 0 saturated carbocycles. The Labute approximate surface area is 97.4 Å². The fraction of sp³-hybridized carbons (Fsp3) is 0.400. The molecule has 7 nitrogen and oxygen atoms in total. The van der Waals surface area contributed by atoms with Gasteiger partial charge in [-0.1, -0.05) is 0 Å². The molecule has 0 heterocycles. The highest BCUT2D eigenvalue weighted by molar-refractivity contribution is 5.49. The average Bonchev–Trinajstić information content (AvgIpc) is 2.34. The lowest BCUT2D eigenvalue weighted by Crippen LogP contribution is -2.06. The molecule has 0 bridgehead atoms. The number of aliphatic hydroxyl groups excluding tert-OH is 2. The molecule has 1 aromatic rings. The fourth-order valence-electron chi connectivity index (χ4n) is 1.38. The first-order chi connectivity index (χ1) is 8.13. The molecular weight excluding hydrogens is 230 g/mol. The third-order valence-corrected chi connectivity index (χ3v) is 2.10. The highest BCUT2D eigenvalue weighted by Crippen LogP contribution is 2.29. The van der Waals surface area contributed by atoms with E-state index >= 15 is 0 Å². The summed E-state index contributed by atoms with van der Waals surface area (Å²) in [6.45, 7) is -0.917. The van der Waals surface area contributed by atoms with E-state index < -0.39 is 18.1 Å². The van der Waals surface area contributed by atoms with E-state index in [-0.39, 0.29) is 29.4 Å². The van der Waals surface area contributed by atoms with Crippen molar-refractivity contribution in [1.82, 2.24) is 0 Å². The molecule has 0 radical (unpaired) electrons. The van der Waals surface area contributed by atoms with Gasteiger partial charge < -0.3 is 19.7 Å². The van der Waals surface area contributed by atoms with E-state index in [0.717, 1.165) is 0 Å². The van der Waals surface area contributed by atoms with Crippen LogP contribution in [0.15, 0.2) is 12.1 Å². The summed E-state index contributed by atoms with van der Waals surface area (Å²) in [5.41, 5.74) is 0.267. The van der Waals surface area contributed by atoms with Gasteiger partial charge in [0.15, 0.2) is 6.79 Å². The minimum Gasteiger partial charge on any atom is -0.467 e. The van der Waals surface area contributed by atoms with Crippen molar-refractivity contribution in [1.29, 1.82) is 0 Å². The Hall–Kier alpha value is -1.70. The van der Waals surface area contributed by atoms with Crippen LogP contribution in [0.25, 0.3) is 0 Å². The van der Waals surface area contributed by atoms with Gasteiger partial charge in [0.1, 0.15) is 5.75 Å². The van der Waals surface area contributed by atoms with Crippen molar-refractivity contribution in [3.05, 3.63) is 33.4 Å². The van der Waals surface area contributed by atoms with Crippen LogP contribution in [-0.4, -0.2) is 29.0 Å². The number of ether oxygens (including phenoxy) is 2. The van der Waals surface area contributed by atoms with Crippen LogP contribution in [0.5, 0.6) is 5.75 Å². The minimum atomic E-state index is -0.599. The molecule has 0 aliphatic rings. The Morgan fingerprint density at radius 3 is 2.18 bits per heavy atom. The average molecular weight is 243 g/mol. The van der Waals surface area contributed by atoms with Crippen molar-refractivity contribution < 1.29 is 24.6 Å². The molecule has 0 amide bonds. The lowest BCUT2D eigenvalue weighted by Gasteiger charge is -2.13. The summed E-state index contributed by atoms with van der Waals surface area (Å²) < 4.78 is 9.87. The van der Waals surface area contributed by atoms with E-state index in [2.05, 4.69) is 0 Å². The first-order valence-corrected chi connectivity index (χ1v) is 4.77. The number of non-ortho nitro benzene ring substituents is 1. The first-order valence-electron chi connectivity index (χ1n) is 4.77. The molecule has 7 heteroatoms. The summed E-state index contributed by atoms with van der Waals surface area (Å²) in [7, 11) is 1.42.